The molecule has 0 unspecified atom stereocenters. The molecule has 4 heterocycles. The van der Waals surface area contributed by atoms with Gasteiger partial charge in [-0.2, -0.15) is 4.98 Å². The number of hydrogen-bond donors (Lipinski definition) is 1. The number of nitrogens with zero attached hydrogens (tertiary/aromatic N) is 7. The van der Waals surface area contributed by atoms with Gasteiger partial charge in [-0.15, -0.1) is 10.2 Å². The molecule has 0 aliphatic carbocycles. The fourth-order valence-corrected chi connectivity index (χ4v) is 4.35. The normalized spacial score (nSPS) is 20.9. The maximum atomic E-state index is 14.9. The van der Waals surface area contributed by atoms with Crippen molar-refractivity contribution in [2.45, 2.75) is 45.1 Å². The van der Waals surface area contributed by atoms with E-state index in [0.29, 0.717) is 16.6 Å². The largest absolute Gasteiger partial charge is 0.479 e. The Morgan fingerprint density at radius 1 is 1.40 bits per heavy atom. The number of nitrogens with one attached hydrogen (secondary N) is 1. The Morgan fingerprint density at radius 3 is 3.00 bits per heavy atom. The zero-order chi connectivity index (χ0) is 27.2. The highest BCUT2D eigenvalue weighted by atomic mass is 19.1. The van der Waals surface area contributed by atoms with Crippen molar-refractivity contribution in [3.63, 3.8) is 0 Å². The summed E-state index contributed by atoms with van der Waals surface area (Å²) in [6.45, 7) is -1.51. The van der Waals surface area contributed by atoms with Crippen LogP contribution in [0.15, 0.2) is 30.5 Å². The highest BCUT2D eigenvalue weighted by Gasteiger charge is 2.31. The molecule has 0 saturated carbocycles. The van der Waals surface area contributed by atoms with Crippen LogP contribution in [-0.2, 0) is 11.3 Å². The number of carbonyl (C=O) groups is 1. The smallest absolute Gasteiger partial charge is 0.244 e. The molecule has 0 spiro atoms. The zero-order valence-electron chi connectivity index (χ0n) is 22.2. The predicted octanol–water partition coefficient (Wildman–Crippen LogP) is 2.88. The standard InChI is InChI=1S/C23H26F2N8O2/c1-13(24)11-33-20-10-15(4-5-19(20)28-30-33)16-6-9-32-21(16)22(35-3)27-23(29-32)26-18-7-8-31(14(2)34)12-17(18)25/h4-6,9-10,13,17-18H,7-8,11-12H2,1-3H3,(H,26,29)/t13-,17+,18-/m0/s1/i2D3. The number of piperidine rings is 1. The molecule has 12 heteroatoms. The van der Waals surface area contributed by atoms with Gasteiger partial charge in [-0.05, 0) is 37.1 Å². The van der Waals surface area contributed by atoms with Gasteiger partial charge in [0.1, 0.15) is 23.4 Å². The quantitative estimate of drug-likeness (QED) is 0.446. The summed E-state index contributed by atoms with van der Waals surface area (Å²) >= 11 is 0. The fourth-order valence-electron chi connectivity index (χ4n) is 4.35. The van der Waals surface area contributed by atoms with Gasteiger partial charge >= 0.3 is 0 Å². The van der Waals surface area contributed by atoms with E-state index in [4.69, 9.17) is 8.85 Å². The van der Waals surface area contributed by atoms with Crippen LogP contribution in [0.3, 0.4) is 0 Å². The lowest BCUT2D eigenvalue weighted by atomic mass is 10.0. The number of carbonyl (C=O) groups excluding carboxylic acids is 1. The van der Waals surface area contributed by atoms with Crippen LogP contribution >= 0.6 is 0 Å². The summed E-state index contributed by atoms with van der Waals surface area (Å²) in [6.07, 6.45) is -0.703. The highest BCUT2D eigenvalue weighted by molar-refractivity contribution is 5.89. The minimum Gasteiger partial charge on any atom is -0.479 e. The second-order valence-corrected chi connectivity index (χ2v) is 8.53. The summed E-state index contributed by atoms with van der Waals surface area (Å²) in [5.74, 6) is -0.694. The lowest BCUT2D eigenvalue weighted by Crippen LogP contribution is -2.49. The molecular formula is C23H26F2N8O2. The Kier molecular flexibility index (Phi) is 5.05. The first-order valence-electron chi connectivity index (χ1n) is 12.7. The van der Waals surface area contributed by atoms with Crippen LogP contribution in [0.2, 0.25) is 0 Å². The SMILES string of the molecule is [2H]C([2H])([2H])C(=O)N1CC[C@H](Nc2nc(OC)c3c(-c4ccc5nnn(C[C@H](C)F)c5c4)ccn3n2)[C@H](F)C1. The van der Waals surface area contributed by atoms with Crippen LogP contribution in [0, 0.1) is 0 Å². The molecule has 3 atom stereocenters. The Morgan fingerprint density at radius 2 is 2.26 bits per heavy atom. The Labute approximate surface area is 204 Å². The maximum absolute atomic E-state index is 14.9. The second kappa shape index (κ2) is 9.08. The minimum absolute atomic E-state index is 0.0801. The number of fused-ring (bicyclic) bond motifs is 2. The van der Waals surface area contributed by atoms with Gasteiger partial charge in [0.25, 0.3) is 0 Å². The van der Waals surface area contributed by atoms with Crippen LogP contribution in [0.5, 0.6) is 5.88 Å². The molecule has 1 aliphatic rings. The molecule has 0 bridgehead atoms. The predicted molar refractivity (Wildman–Crippen MR) is 126 cm³/mol. The van der Waals surface area contributed by atoms with Crippen molar-refractivity contribution in [2.24, 2.45) is 0 Å². The van der Waals surface area contributed by atoms with Gasteiger partial charge in [-0.1, -0.05) is 11.3 Å². The first kappa shape index (κ1) is 19.5. The summed E-state index contributed by atoms with van der Waals surface area (Å²) in [5.41, 5.74) is 3.45. The molecule has 1 fully saturated rings. The van der Waals surface area contributed by atoms with Gasteiger partial charge < -0.3 is 15.0 Å². The van der Waals surface area contributed by atoms with E-state index in [2.05, 4.69) is 25.7 Å². The van der Waals surface area contributed by atoms with Gasteiger partial charge in [0.15, 0.2) is 0 Å². The number of benzene rings is 1. The Bertz CT molecular complexity index is 1490. The average Bonchev–Trinajstić information content (AvgIpc) is 3.47. The molecule has 4 aromatic rings. The Hall–Kier alpha value is -3.83. The topological polar surface area (TPSA) is 102 Å². The van der Waals surface area contributed by atoms with E-state index in [9.17, 15) is 13.6 Å². The van der Waals surface area contributed by atoms with Crippen molar-refractivity contribution in [3.8, 4) is 17.0 Å². The van der Waals surface area contributed by atoms with Crippen LogP contribution < -0.4 is 10.1 Å². The number of aromatic nitrogens is 6. The van der Waals surface area contributed by atoms with Gasteiger partial charge in [0.05, 0.1) is 31.8 Å². The first-order valence-corrected chi connectivity index (χ1v) is 11.2. The van der Waals surface area contributed by atoms with Crippen LogP contribution in [0.4, 0.5) is 14.7 Å². The van der Waals surface area contributed by atoms with Crippen molar-refractivity contribution in [2.75, 3.05) is 25.5 Å². The van der Waals surface area contributed by atoms with Gasteiger partial charge in [-0.3, -0.25) is 4.79 Å². The number of rotatable bonds is 6. The van der Waals surface area contributed by atoms with E-state index >= 15 is 0 Å². The van der Waals surface area contributed by atoms with Crippen LogP contribution in [0.25, 0.3) is 27.7 Å². The zero-order valence-corrected chi connectivity index (χ0v) is 19.2. The van der Waals surface area contributed by atoms with E-state index in [-0.39, 0.29) is 37.9 Å². The molecule has 1 aromatic carbocycles. The number of likely N-dealkylation sites (tertiary alicyclic amines) is 1. The third-order valence-corrected chi connectivity index (χ3v) is 6.07. The van der Waals surface area contributed by atoms with Crippen molar-refractivity contribution in [3.05, 3.63) is 30.5 Å². The number of methoxy groups -OCH3 is 1. The number of ether oxygens (including phenoxy) is 1. The molecule has 0 radical (unpaired) electrons. The Balaban J connectivity index is 1.41. The average molecular weight is 488 g/mol. The lowest BCUT2D eigenvalue weighted by Gasteiger charge is -2.34. The molecular weight excluding hydrogens is 458 g/mol. The number of halogens is 2. The maximum Gasteiger partial charge on any atom is 0.244 e. The van der Waals surface area contributed by atoms with E-state index in [1.807, 2.05) is 18.2 Å². The molecule has 1 aliphatic heterocycles. The number of anilines is 1. The van der Waals surface area contributed by atoms with E-state index in [1.54, 1.807) is 16.8 Å². The van der Waals surface area contributed by atoms with Crippen molar-refractivity contribution >= 4 is 28.4 Å². The third-order valence-electron chi connectivity index (χ3n) is 6.07. The summed E-state index contributed by atoms with van der Waals surface area (Å²) < 4.78 is 58.9. The van der Waals surface area contributed by atoms with E-state index in [0.717, 1.165) is 16.0 Å². The molecule has 1 amide bonds. The molecule has 184 valence electrons. The molecule has 3 aromatic heterocycles. The first-order chi connectivity index (χ1) is 18.0. The molecule has 1 N–H and O–H groups in total. The van der Waals surface area contributed by atoms with Gasteiger partial charge in [0, 0.05) is 29.3 Å². The molecule has 10 nitrogen and oxygen atoms in total. The van der Waals surface area contributed by atoms with Crippen molar-refractivity contribution in [1.29, 1.82) is 0 Å². The van der Waals surface area contributed by atoms with E-state index < -0.39 is 31.1 Å². The summed E-state index contributed by atoms with van der Waals surface area (Å²) in [5, 5.41) is 15.5. The molecule has 5 rings (SSSR count). The van der Waals surface area contributed by atoms with Crippen LogP contribution in [0.1, 0.15) is 24.3 Å². The number of alkyl halides is 2. The van der Waals surface area contributed by atoms with Crippen molar-refractivity contribution < 1.29 is 22.4 Å². The fraction of sp³-hybridized carbons (Fsp3) is 0.435. The minimum atomic E-state index is -2.81. The van der Waals surface area contributed by atoms with Gasteiger partial charge in [-0.25, -0.2) is 18.0 Å². The number of amides is 1. The highest BCUT2D eigenvalue weighted by Crippen LogP contribution is 2.33. The second-order valence-electron chi connectivity index (χ2n) is 8.53. The van der Waals surface area contributed by atoms with Crippen LogP contribution in [-0.4, -0.2) is 79.0 Å². The third kappa shape index (κ3) is 4.35. The van der Waals surface area contributed by atoms with Crippen molar-refractivity contribution in [1.82, 2.24) is 34.5 Å². The summed E-state index contributed by atoms with van der Waals surface area (Å²) in [6, 6.07) is 6.64. The summed E-state index contributed by atoms with van der Waals surface area (Å²) in [4.78, 5) is 17.5. The lowest BCUT2D eigenvalue weighted by molar-refractivity contribution is -0.131. The molecule has 1 saturated heterocycles. The van der Waals surface area contributed by atoms with E-state index in [1.165, 1.54) is 18.7 Å². The number of hydrogen-bond acceptors (Lipinski definition) is 7. The monoisotopic (exact) mass is 487 g/mol. The molecule has 35 heavy (non-hydrogen) atoms. The van der Waals surface area contributed by atoms with Gasteiger partial charge in [0.2, 0.25) is 17.7 Å². The summed E-state index contributed by atoms with van der Waals surface area (Å²) in [7, 11) is 1.46.